The van der Waals surface area contributed by atoms with Gasteiger partial charge in [-0.15, -0.1) is 0 Å². The number of aliphatic carboxylic acids is 1. The molecule has 1 fully saturated rings. The summed E-state index contributed by atoms with van der Waals surface area (Å²) in [7, 11) is 0. The van der Waals surface area contributed by atoms with E-state index in [1.54, 1.807) is 0 Å². The SMILES string of the molecule is CCN(CC)c1ccc(C(=O)N2CCCCC2CCC(=O)O)cc1. The molecule has 0 bridgehead atoms. The first-order valence-electron chi connectivity index (χ1n) is 8.94. The second-order valence-corrected chi connectivity index (χ2v) is 6.30. The zero-order valence-corrected chi connectivity index (χ0v) is 14.7. The van der Waals surface area contributed by atoms with Gasteiger partial charge in [-0.25, -0.2) is 0 Å². The Hall–Kier alpha value is -2.04. The Bertz CT molecular complexity index is 552. The van der Waals surface area contributed by atoms with E-state index < -0.39 is 5.97 Å². The van der Waals surface area contributed by atoms with E-state index in [4.69, 9.17) is 5.11 Å². The van der Waals surface area contributed by atoms with Crippen molar-refractivity contribution in [3.05, 3.63) is 29.8 Å². The molecule has 1 aromatic carbocycles. The van der Waals surface area contributed by atoms with E-state index in [0.29, 0.717) is 12.0 Å². The van der Waals surface area contributed by atoms with Gasteiger partial charge in [-0.1, -0.05) is 0 Å². The van der Waals surface area contributed by atoms with Gasteiger partial charge in [0.05, 0.1) is 0 Å². The van der Waals surface area contributed by atoms with Crippen molar-refractivity contribution in [1.29, 1.82) is 0 Å². The summed E-state index contributed by atoms with van der Waals surface area (Å²) < 4.78 is 0. The second-order valence-electron chi connectivity index (χ2n) is 6.30. The number of piperidine rings is 1. The van der Waals surface area contributed by atoms with E-state index in [1.807, 2.05) is 29.2 Å². The molecule has 1 aromatic rings. The van der Waals surface area contributed by atoms with Gasteiger partial charge < -0.3 is 14.9 Å². The maximum atomic E-state index is 12.8. The third kappa shape index (κ3) is 4.49. The molecular formula is C19H28N2O3. The van der Waals surface area contributed by atoms with Crippen LogP contribution >= 0.6 is 0 Å². The fourth-order valence-electron chi connectivity index (χ4n) is 3.43. The number of anilines is 1. The third-order valence-corrected chi connectivity index (χ3v) is 4.82. The Morgan fingerprint density at radius 2 is 1.83 bits per heavy atom. The summed E-state index contributed by atoms with van der Waals surface area (Å²) in [6.07, 6.45) is 3.62. The Balaban J connectivity index is 2.09. The minimum atomic E-state index is -0.795. The molecule has 1 N–H and O–H groups in total. The van der Waals surface area contributed by atoms with Gasteiger partial charge in [0.1, 0.15) is 0 Å². The summed E-state index contributed by atoms with van der Waals surface area (Å²) in [6, 6.07) is 7.81. The van der Waals surface area contributed by atoms with Crippen LogP contribution in [-0.4, -0.2) is 47.6 Å². The van der Waals surface area contributed by atoms with Crippen molar-refractivity contribution in [1.82, 2.24) is 4.90 Å². The quantitative estimate of drug-likeness (QED) is 0.831. The van der Waals surface area contributed by atoms with E-state index >= 15 is 0 Å². The highest BCUT2D eigenvalue weighted by Gasteiger charge is 2.27. The molecule has 1 amide bonds. The van der Waals surface area contributed by atoms with Crippen LogP contribution in [-0.2, 0) is 4.79 Å². The molecule has 1 aliphatic rings. The molecule has 1 aliphatic heterocycles. The number of amides is 1. The van der Waals surface area contributed by atoms with Crippen molar-refractivity contribution >= 4 is 17.6 Å². The monoisotopic (exact) mass is 332 g/mol. The molecule has 24 heavy (non-hydrogen) atoms. The lowest BCUT2D eigenvalue weighted by Gasteiger charge is -2.36. The standard InChI is InChI=1S/C19H28N2O3/c1-3-20(4-2)16-10-8-15(9-11-16)19(24)21-14-6-5-7-17(21)12-13-18(22)23/h8-11,17H,3-7,12-14H2,1-2H3,(H,22,23). The van der Waals surface area contributed by atoms with Crippen molar-refractivity contribution in [2.24, 2.45) is 0 Å². The highest BCUT2D eigenvalue weighted by molar-refractivity contribution is 5.94. The molecule has 1 unspecified atom stereocenters. The van der Waals surface area contributed by atoms with E-state index in [1.165, 1.54) is 0 Å². The highest BCUT2D eigenvalue weighted by Crippen LogP contribution is 2.24. The van der Waals surface area contributed by atoms with Crippen molar-refractivity contribution < 1.29 is 14.7 Å². The zero-order valence-electron chi connectivity index (χ0n) is 14.7. The zero-order chi connectivity index (χ0) is 17.5. The van der Waals surface area contributed by atoms with Crippen LogP contribution in [0.2, 0.25) is 0 Å². The van der Waals surface area contributed by atoms with Gasteiger partial charge in [0.25, 0.3) is 5.91 Å². The normalized spacial score (nSPS) is 17.6. The first-order valence-corrected chi connectivity index (χ1v) is 8.94. The molecule has 0 aromatic heterocycles. The number of carbonyl (C=O) groups excluding carboxylic acids is 1. The number of carboxylic acid groups (broad SMARTS) is 1. The van der Waals surface area contributed by atoms with Crippen LogP contribution in [0.25, 0.3) is 0 Å². The topological polar surface area (TPSA) is 60.9 Å². The molecule has 5 heteroatoms. The maximum absolute atomic E-state index is 12.8. The van der Waals surface area contributed by atoms with E-state index in [2.05, 4.69) is 18.7 Å². The van der Waals surface area contributed by atoms with Crippen LogP contribution in [0.5, 0.6) is 0 Å². The number of hydrogen-bond acceptors (Lipinski definition) is 3. The van der Waals surface area contributed by atoms with Crippen LogP contribution < -0.4 is 4.90 Å². The number of benzene rings is 1. The molecule has 1 heterocycles. The predicted molar refractivity (Wildman–Crippen MR) is 95.5 cm³/mol. The molecule has 1 atom stereocenters. The summed E-state index contributed by atoms with van der Waals surface area (Å²) in [5, 5.41) is 8.91. The van der Waals surface area contributed by atoms with Gasteiger partial charge in [0.15, 0.2) is 0 Å². The largest absolute Gasteiger partial charge is 0.481 e. The molecule has 0 radical (unpaired) electrons. The highest BCUT2D eigenvalue weighted by atomic mass is 16.4. The van der Waals surface area contributed by atoms with Gasteiger partial charge in [0.2, 0.25) is 0 Å². The minimum Gasteiger partial charge on any atom is -0.481 e. The summed E-state index contributed by atoms with van der Waals surface area (Å²) >= 11 is 0. The Morgan fingerprint density at radius 3 is 2.42 bits per heavy atom. The first-order chi connectivity index (χ1) is 11.6. The lowest BCUT2D eigenvalue weighted by atomic mass is 9.97. The first kappa shape index (κ1) is 18.3. The molecule has 0 spiro atoms. The van der Waals surface area contributed by atoms with Gasteiger partial charge in [-0.3, -0.25) is 9.59 Å². The third-order valence-electron chi connectivity index (χ3n) is 4.82. The number of carboxylic acids is 1. The van der Waals surface area contributed by atoms with Crippen molar-refractivity contribution in [3.8, 4) is 0 Å². The number of nitrogens with zero attached hydrogens (tertiary/aromatic N) is 2. The van der Waals surface area contributed by atoms with Crippen LogP contribution in [0.3, 0.4) is 0 Å². The summed E-state index contributed by atoms with van der Waals surface area (Å²) in [5.41, 5.74) is 1.81. The van der Waals surface area contributed by atoms with Gasteiger partial charge in [-0.05, 0) is 63.8 Å². The van der Waals surface area contributed by atoms with Crippen molar-refractivity contribution in [3.63, 3.8) is 0 Å². The molecule has 132 valence electrons. The molecule has 0 aliphatic carbocycles. The fraction of sp³-hybridized carbons (Fsp3) is 0.579. The smallest absolute Gasteiger partial charge is 0.303 e. The van der Waals surface area contributed by atoms with E-state index in [9.17, 15) is 9.59 Å². The average molecular weight is 332 g/mol. The number of rotatable bonds is 7. The van der Waals surface area contributed by atoms with Gasteiger partial charge in [0, 0.05) is 43.3 Å². The summed E-state index contributed by atoms with van der Waals surface area (Å²) in [5.74, 6) is -0.771. The molecular weight excluding hydrogens is 304 g/mol. The predicted octanol–water partition coefficient (Wildman–Crippen LogP) is 3.39. The maximum Gasteiger partial charge on any atom is 0.303 e. The van der Waals surface area contributed by atoms with Crippen molar-refractivity contribution in [2.45, 2.75) is 52.0 Å². The van der Waals surface area contributed by atoms with Crippen LogP contribution in [0.15, 0.2) is 24.3 Å². The summed E-state index contributed by atoms with van der Waals surface area (Å²) in [6.45, 7) is 6.83. The second kappa shape index (κ2) is 8.71. The summed E-state index contributed by atoms with van der Waals surface area (Å²) in [4.78, 5) is 27.8. The van der Waals surface area contributed by atoms with Crippen LogP contribution in [0, 0.1) is 0 Å². The molecule has 1 saturated heterocycles. The average Bonchev–Trinajstić information content (AvgIpc) is 2.61. The van der Waals surface area contributed by atoms with Gasteiger partial charge >= 0.3 is 5.97 Å². The van der Waals surface area contributed by atoms with Crippen LogP contribution in [0.4, 0.5) is 5.69 Å². The fourth-order valence-corrected chi connectivity index (χ4v) is 3.43. The van der Waals surface area contributed by atoms with Crippen molar-refractivity contribution in [2.75, 3.05) is 24.5 Å². The molecule has 5 nitrogen and oxygen atoms in total. The van der Waals surface area contributed by atoms with Crippen LogP contribution in [0.1, 0.15) is 56.3 Å². The number of likely N-dealkylation sites (tertiary alicyclic amines) is 1. The molecule has 2 rings (SSSR count). The minimum absolute atomic E-state index is 0.0242. The lowest BCUT2D eigenvalue weighted by Crippen LogP contribution is -2.44. The Morgan fingerprint density at radius 1 is 1.17 bits per heavy atom. The lowest BCUT2D eigenvalue weighted by molar-refractivity contribution is -0.137. The Labute approximate surface area is 144 Å². The van der Waals surface area contributed by atoms with E-state index in [-0.39, 0.29) is 18.4 Å². The Kier molecular flexibility index (Phi) is 6.64. The van der Waals surface area contributed by atoms with E-state index in [0.717, 1.165) is 44.6 Å². The number of carbonyl (C=O) groups is 2. The molecule has 0 saturated carbocycles. The van der Waals surface area contributed by atoms with Gasteiger partial charge in [-0.2, -0.15) is 0 Å². The number of hydrogen-bond donors (Lipinski definition) is 1.